The molecule has 132 valence electrons. The maximum Gasteiger partial charge on any atom is 0.244 e. The van der Waals surface area contributed by atoms with Crippen molar-refractivity contribution in [2.45, 2.75) is 38.6 Å². The zero-order valence-corrected chi connectivity index (χ0v) is 15.3. The summed E-state index contributed by atoms with van der Waals surface area (Å²) < 4.78 is 5.66. The molecule has 2 amide bonds. The number of ether oxygens (including phenoxy) is 1. The number of likely N-dealkylation sites (tertiary alicyclic amines) is 1. The maximum absolute atomic E-state index is 12.4. The summed E-state index contributed by atoms with van der Waals surface area (Å²) in [6, 6.07) is 5.21. The second kappa shape index (κ2) is 8.38. The van der Waals surface area contributed by atoms with Crippen LogP contribution >= 0.6 is 11.6 Å². The SMILES string of the molecule is Cc1cc(OCCCC(=O)N2CCCC2C(=O)N(C)C)ccc1Cl. The Morgan fingerprint density at radius 1 is 1.38 bits per heavy atom. The molecule has 0 saturated carbocycles. The number of carbonyl (C=O) groups is 2. The topological polar surface area (TPSA) is 49.9 Å². The summed E-state index contributed by atoms with van der Waals surface area (Å²) in [4.78, 5) is 27.8. The van der Waals surface area contributed by atoms with E-state index in [1.54, 1.807) is 30.0 Å². The van der Waals surface area contributed by atoms with Crippen LogP contribution in [0, 0.1) is 6.92 Å². The van der Waals surface area contributed by atoms with E-state index in [1.165, 1.54) is 0 Å². The number of halogens is 1. The van der Waals surface area contributed by atoms with Gasteiger partial charge in [0.2, 0.25) is 11.8 Å². The number of hydrogen-bond donors (Lipinski definition) is 0. The van der Waals surface area contributed by atoms with Gasteiger partial charge in [0.1, 0.15) is 11.8 Å². The van der Waals surface area contributed by atoms with Crippen LogP contribution in [-0.4, -0.2) is 54.9 Å². The molecule has 0 bridgehead atoms. The van der Waals surface area contributed by atoms with Crippen molar-refractivity contribution in [3.05, 3.63) is 28.8 Å². The van der Waals surface area contributed by atoms with Gasteiger partial charge in [-0.2, -0.15) is 0 Å². The number of nitrogens with zero attached hydrogens (tertiary/aromatic N) is 2. The molecule has 0 aliphatic carbocycles. The first kappa shape index (κ1) is 18.6. The molecule has 1 heterocycles. The van der Waals surface area contributed by atoms with Gasteiger partial charge in [-0.25, -0.2) is 0 Å². The van der Waals surface area contributed by atoms with Crippen molar-refractivity contribution in [3.63, 3.8) is 0 Å². The van der Waals surface area contributed by atoms with Gasteiger partial charge in [-0.1, -0.05) is 11.6 Å². The molecular formula is C18H25ClN2O3. The zero-order chi connectivity index (χ0) is 17.7. The van der Waals surface area contributed by atoms with E-state index in [2.05, 4.69) is 0 Å². The van der Waals surface area contributed by atoms with E-state index in [1.807, 2.05) is 19.1 Å². The molecule has 6 heteroatoms. The first-order valence-corrected chi connectivity index (χ1v) is 8.67. The number of rotatable bonds is 6. The Labute approximate surface area is 148 Å². The van der Waals surface area contributed by atoms with Crippen LogP contribution in [0.25, 0.3) is 0 Å². The van der Waals surface area contributed by atoms with Crippen LogP contribution in [0.4, 0.5) is 0 Å². The predicted octanol–water partition coefficient (Wildman–Crippen LogP) is 2.89. The number of benzene rings is 1. The molecule has 1 saturated heterocycles. The normalized spacial score (nSPS) is 17.0. The lowest BCUT2D eigenvalue weighted by atomic mass is 10.2. The molecule has 0 spiro atoms. The second-order valence-electron chi connectivity index (χ2n) is 6.34. The van der Waals surface area contributed by atoms with E-state index in [-0.39, 0.29) is 17.9 Å². The van der Waals surface area contributed by atoms with Crippen molar-refractivity contribution in [2.24, 2.45) is 0 Å². The van der Waals surface area contributed by atoms with Gasteiger partial charge < -0.3 is 14.5 Å². The fraction of sp³-hybridized carbons (Fsp3) is 0.556. The highest BCUT2D eigenvalue weighted by atomic mass is 35.5. The fourth-order valence-electron chi connectivity index (χ4n) is 2.88. The first-order chi connectivity index (χ1) is 11.4. The van der Waals surface area contributed by atoms with Gasteiger partial charge in [-0.05, 0) is 49.9 Å². The van der Waals surface area contributed by atoms with Gasteiger partial charge in [0.15, 0.2) is 0 Å². The zero-order valence-electron chi connectivity index (χ0n) is 14.5. The van der Waals surface area contributed by atoms with Gasteiger partial charge in [0, 0.05) is 32.1 Å². The average molecular weight is 353 g/mol. The van der Waals surface area contributed by atoms with Gasteiger partial charge in [-0.15, -0.1) is 0 Å². The maximum atomic E-state index is 12.4. The van der Waals surface area contributed by atoms with E-state index in [0.29, 0.717) is 31.0 Å². The Morgan fingerprint density at radius 3 is 2.79 bits per heavy atom. The van der Waals surface area contributed by atoms with Crippen molar-refractivity contribution < 1.29 is 14.3 Å². The van der Waals surface area contributed by atoms with Crippen LogP contribution in [0.15, 0.2) is 18.2 Å². The van der Waals surface area contributed by atoms with E-state index in [9.17, 15) is 9.59 Å². The molecule has 24 heavy (non-hydrogen) atoms. The predicted molar refractivity (Wildman–Crippen MR) is 94.3 cm³/mol. The molecule has 1 aliphatic heterocycles. The van der Waals surface area contributed by atoms with Gasteiger partial charge in [0.05, 0.1) is 6.61 Å². The third kappa shape index (κ3) is 4.63. The molecule has 0 N–H and O–H groups in total. The van der Waals surface area contributed by atoms with E-state index < -0.39 is 0 Å². The molecule has 0 aromatic heterocycles. The third-order valence-electron chi connectivity index (χ3n) is 4.23. The van der Waals surface area contributed by atoms with Crippen LogP contribution in [-0.2, 0) is 9.59 Å². The summed E-state index contributed by atoms with van der Waals surface area (Å²) in [6.45, 7) is 3.06. The quantitative estimate of drug-likeness (QED) is 0.740. The molecule has 1 aromatic carbocycles. The Hall–Kier alpha value is -1.75. The Bertz CT molecular complexity index is 604. The van der Waals surface area contributed by atoms with E-state index in [4.69, 9.17) is 16.3 Å². The summed E-state index contributed by atoms with van der Waals surface area (Å²) in [6.07, 6.45) is 2.66. The van der Waals surface area contributed by atoms with Crippen molar-refractivity contribution in [1.82, 2.24) is 9.80 Å². The lowest BCUT2D eigenvalue weighted by Crippen LogP contribution is -2.45. The third-order valence-corrected chi connectivity index (χ3v) is 4.66. The monoisotopic (exact) mass is 352 g/mol. The van der Waals surface area contributed by atoms with Gasteiger partial charge in [0.25, 0.3) is 0 Å². The lowest BCUT2D eigenvalue weighted by molar-refractivity contribution is -0.142. The number of hydrogen-bond acceptors (Lipinski definition) is 3. The number of carbonyl (C=O) groups excluding carboxylic acids is 2. The minimum absolute atomic E-state index is 0.00809. The highest BCUT2D eigenvalue weighted by Crippen LogP contribution is 2.22. The summed E-state index contributed by atoms with van der Waals surface area (Å²) in [7, 11) is 3.45. The van der Waals surface area contributed by atoms with Crippen LogP contribution in [0.2, 0.25) is 5.02 Å². The minimum Gasteiger partial charge on any atom is -0.494 e. The molecule has 1 unspecified atom stereocenters. The summed E-state index contributed by atoms with van der Waals surface area (Å²) in [5.74, 6) is 0.795. The summed E-state index contributed by atoms with van der Waals surface area (Å²) >= 11 is 5.98. The Kier molecular flexibility index (Phi) is 6.49. The van der Waals surface area contributed by atoms with Crippen LogP contribution in [0.3, 0.4) is 0 Å². The van der Waals surface area contributed by atoms with Crippen LogP contribution in [0.5, 0.6) is 5.75 Å². The second-order valence-corrected chi connectivity index (χ2v) is 6.75. The summed E-state index contributed by atoms with van der Waals surface area (Å²) in [5, 5.41) is 0.711. The standard InChI is InChI=1S/C18H25ClN2O3/c1-13-12-14(8-9-15(13)19)24-11-5-7-17(22)21-10-4-6-16(21)18(23)20(2)3/h8-9,12,16H,4-7,10-11H2,1-3H3. The largest absolute Gasteiger partial charge is 0.494 e. The average Bonchev–Trinajstić information content (AvgIpc) is 3.03. The fourth-order valence-corrected chi connectivity index (χ4v) is 3.00. The Morgan fingerprint density at radius 2 is 2.12 bits per heavy atom. The molecule has 5 nitrogen and oxygen atoms in total. The first-order valence-electron chi connectivity index (χ1n) is 8.29. The van der Waals surface area contributed by atoms with Gasteiger partial charge >= 0.3 is 0 Å². The number of likely N-dealkylation sites (N-methyl/N-ethyl adjacent to an activating group) is 1. The molecule has 1 aliphatic rings. The number of aryl methyl sites for hydroxylation is 1. The summed E-state index contributed by atoms with van der Waals surface area (Å²) in [5.41, 5.74) is 0.965. The molecule has 2 rings (SSSR count). The van der Waals surface area contributed by atoms with Crippen molar-refractivity contribution in [1.29, 1.82) is 0 Å². The molecule has 1 atom stereocenters. The van der Waals surface area contributed by atoms with Crippen LogP contribution < -0.4 is 4.74 Å². The molecule has 1 fully saturated rings. The van der Waals surface area contributed by atoms with E-state index >= 15 is 0 Å². The number of amides is 2. The van der Waals surface area contributed by atoms with Crippen LogP contribution in [0.1, 0.15) is 31.2 Å². The lowest BCUT2D eigenvalue weighted by Gasteiger charge is -2.26. The van der Waals surface area contributed by atoms with Crippen molar-refractivity contribution in [2.75, 3.05) is 27.2 Å². The highest BCUT2D eigenvalue weighted by molar-refractivity contribution is 6.31. The molecule has 0 radical (unpaired) electrons. The molecule has 1 aromatic rings. The van der Waals surface area contributed by atoms with Crippen molar-refractivity contribution >= 4 is 23.4 Å². The Balaban J connectivity index is 1.78. The smallest absolute Gasteiger partial charge is 0.244 e. The molecular weight excluding hydrogens is 328 g/mol. The minimum atomic E-state index is -0.299. The van der Waals surface area contributed by atoms with E-state index in [0.717, 1.165) is 24.2 Å². The highest BCUT2D eigenvalue weighted by Gasteiger charge is 2.34. The van der Waals surface area contributed by atoms with Crippen molar-refractivity contribution in [3.8, 4) is 5.75 Å². The van der Waals surface area contributed by atoms with Gasteiger partial charge in [-0.3, -0.25) is 9.59 Å².